The third-order valence-corrected chi connectivity index (χ3v) is 5.04. The Morgan fingerprint density at radius 3 is 2.56 bits per heavy atom. The molecule has 1 unspecified atom stereocenters. The Morgan fingerprint density at radius 1 is 1.28 bits per heavy atom. The van der Waals surface area contributed by atoms with Crippen molar-refractivity contribution in [2.45, 2.75) is 30.6 Å². The summed E-state index contributed by atoms with van der Waals surface area (Å²) in [4.78, 5) is 49.3. The Labute approximate surface area is 149 Å². The van der Waals surface area contributed by atoms with E-state index in [0.29, 0.717) is 24.9 Å². The number of amides is 1. The Kier molecular flexibility index (Phi) is 6.58. The highest BCUT2D eigenvalue weighted by Crippen LogP contribution is 2.27. The van der Waals surface area contributed by atoms with Gasteiger partial charge in [0.2, 0.25) is 11.0 Å². The molecule has 7 nitrogen and oxygen atoms in total. The van der Waals surface area contributed by atoms with Gasteiger partial charge in [-0.2, -0.15) is 0 Å². The Balaban J connectivity index is 2.17. The van der Waals surface area contributed by atoms with Crippen LogP contribution in [0.3, 0.4) is 0 Å². The van der Waals surface area contributed by atoms with Crippen molar-refractivity contribution in [1.29, 1.82) is 0 Å². The molecule has 0 spiro atoms. The van der Waals surface area contributed by atoms with Crippen LogP contribution in [0.15, 0.2) is 30.3 Å². The summed E-state index contributed by atoms with van der Waals surface area (Å²) >= 11 is 0.726. The van der Waals surface area contributed by atoms with Gasteiger partial charge in [-0.1, -0.05) is 42.1 Å². The van der Waals surface area contributed by atoms with Crippen molar-refractivity contribution >= 4 is 34.7 Å². The zero-order valence-electron chi connectivity index (χ0n) is 13.7. The van der Waals surface area contributed by atoms with E-state index in [2.05, 4.69) is 4.74 Å². The minimum atomic E-state index is -1.08. The van der Waals surface area contributed by atoms with Crippen molar-refractivity contribution in [3.63, 3.8) is 0 Å². The minimum Gasteiger partial charge on any atom is -0.480 e. The molecule has 0 radical (unpaired) electrons. The molecule has 1 fully saturated rings. The van der Waals surface area contributed by atoms with Crippen LogP contribution in [-0.4, -0.2) is 57.9 Å². The highest BCUT2D eigenvalue weighted by Gasteiger charge is 2.39. The number of ether oxygens (including phenoxy) is 1. The zero-order valence-corrected chi connectivity index (χ0v) is 14.5. The lowest BCUT2D eigenvalue weighted by molar-refractivity contribution is -0.149. The maximum absolute atomic E-state index is 12.8. The summed E-state index contributed by atoms with van der Waals surface area (Å²) < 4.78 is 4.60. The second-order valence-electron chi connectivity index (χ2n) is 5.57. The van der Waals surface area contributed by atoms with Gasteiger partial charge in [-0.15, -0.1) is 0 Å². The van der Waals surface area contributed by atoms with E-state index in [4.69, 9.17) is 0 Å². The van der Waals surface area contributed by atoms with Crippen LogP contribution in [0.25, 0.3) is 0 Å². The summed E-state index contributed by atoms with van der Waals surface area (Å²) in [6.07, 6.45) is 0.648. The van der Waals surface area contributed by atoms with E-state index in [0.717, 1.165) is 11.8 Å². The first-order valence-electron chi connectivity index (χ1n) is 7.80. The summed E-state index contributed by atoms with van der Waals surface area (Å²) in [5.74, 6) is -2.23. The van der Waals surface area contributed by atoms with E-state index >= 15 is 0 Å². The molecular weight excluding hydrogens is 346 g/mol. The average Bonchev–Trinajstić information content (AvgIpc) is 3.11. The lowest BCUT2D eigenvalue weighted by Crippen LogP contribution is -2.45. The quantitative estimate of drug-likeness (QED) is 0.764. The largest absolute Gasteiger partial charge is 0.480 e. The highest BCUT2D eigenvalue weighted by molar-refractivity contribution is 8.15. The Morgan fingerprint density at radius 2 is 1.96 bits per heavy atom. The molecule has 0 aliphatic carbocycles. The van der Waals surface area contributed by atoms with E-state index in [9.17, 15) is 24.3 Å². The van der Waals surface area contributed by atoms with Crippen molar-refractivity contribution in [3.05, 3.63) is 35.9 Å². The summed E-state index contributed by atoms with van der Waals surface area (Å²) in [7, 11) is 1.20. The number of esters is 1. The molecule has 1 saturated heterocycles. The number of hydrogen-bond donors (Lipinski definition) is 1. The minimum absolute atomic E-state index is 0.290. The van der Waals surface area contributed by atoms with E-state index in [1.54, 1.807) is 30.3 Å². The summed E-state index contributed by atoms with van der Waals surface area (Å²) in [6.45, 7) is 0.299. The topological polar surface area (TPSA) is 101 Å². The molecule has 1 aliphatic heterocycles. The number of carbonyl (C=O) groups excluding carboxylic acids is 3. The van der Waals surface area contributed by atoms with Crippen LogP contribution in [-0.2, 0) is 19.1 Å². The number of benzene rings is 1. The fourth-order valence-electron chi connectivity index (χ4n) is 2.66. The number of hydrogen-bond acceptors (Lipinski definition) is 6. The number of thioether (sulfide) groups is 1. The van der Waals surface area contributed by atoms with Crippen molar-refractivity contribution in [2.75, 3.05) is 13.7 Å². The SMILES string of the molecule is COC(=O)CC(SC(=O)c1ccccc1)C(=O)N1CCC[C@H]1C(=O)O. The fraction of sp³-hybridized carbons (Fsp3) is 0.412. The van der Waals surface area contributed by atoms with Crippen LogP contribution in [0, 0.1) is 0 Å². The number of carboxylic acids is 1. The molecule has 25 heavy (non-hydrogen) atoms. The fourth-order valence-corrected chi connectivity index (χ4v) is 3.64. The van der Waals surface area contributed by atoms with Gasteiger partial charge >= 0.3 is 11.9 Å². The summed E-state index contributed by atoms with van der Waals surface area (Å²) in [5.41, 5.74) is 0.409. The van der Waals surface area contributed by atoms with Gasteiger partial charge in [0.25, 0.3) is 0 Å². The predicted molar refractivity (Wildman–Crippen MR) is 91.2 cm³/mol. The molecule has 0 bridgehead atoms. The standard InChI is InChI=1S/C17H19NO6S/c1-24-14(19)10-13(25-17(23)11-6-3-2-4-7-11)15(20)18-9-5-8-12(18)16(21)22/h2-4,6-7,12-13H,5,8-10H2,1H3,(H,21,22)/t12-,13?/m0/s1. The number of methoxy groups -OCH3 is 1. The number of aliphatic carboxylic acids is 1. The lowest BCUT2D eigenvalue weighted by atomic mass is 10.2. The molecule has 1 aromatic carbocycles. The number of rotatable bonds is 6. The van der Waals surface area contributed by atoms with Crippen molar-refractivity contribution < 1.29 is 29.0 Å². The molecule has 1 N–H and O–H groups in total. The summed E-state index contributed by atoms with van der Waals surface area (Å²) in [5, 5.41) is 7.88. The number of carbonyl (C=O) groups is 4. The smallest absolute Gasteiger partial charge is 0.326 e. The molecule has 8 heteroatoms. The van der Waals surface area contributed by atoms with E-state index in [-0.39, 0.29) is 11.5 Å². The number of likely N-dealkylation sites (tertiary alicyclic amines) is 1. The van der Waals surface area contributed by atoms with Crippen LogP contribution in [0.1, 0.15) is 29.6 Å². The Bertz CT molecular complexity index is 662. The maximum atomic E-state index is 12.8. The molecule has 1 aliphatic rings. The van der Waals surface area contributed by atoms with Gasteiger partial charge in [0.15, 0.2) is 0 Å². The van der Waals surface area contributed by atoms with Gasteiger partial charge in [0, 0.05) is 12.1 Å². The van der Waals surface area contributed by atoms with Crippen LogP contribution < -0.4 is 0 Å². The molecule has 1 heterocycles. The Hall–Kier alpha value is -2.35. The second-order valence-corrected chi connectivity index (χ2v) is 6.74. The lowest BCUT2D eigenvalue weighted by Gasteiger charge is -2.25. The molecule has 2 atom stereocenters. The molecular formula is C17H19NO6S. The number of nitrogens with zero attached hydrogens (tertiary/aromatic N) is 1. The first-order chi connectivity index (χ1) is 11.9. The first-order valence-corrected chi connectivity index (χ1v) is 8.68. The van der Waals surface area contributed by atoms with E-state index in [1.165, 1.54) is 12.0 Å². The van der Waals surface area contributed by atoms with Crippen LogP contribution in [0.5, 0.6) is 0 Å². The van der Waals surface area contributed by atoms with Gasteiger partial charge in [0.1, 0.15) is 11.3 Å². The van der Waals surface area contributed by atoms with Gasteiger partial charge in [-0.3, -0.25) is 14.4 Å². The van der Waals surface area contributed by atoms with Gasteiger partial charge < -0.3 is 14.7 Å². The molecule has 1 amide bonds. The molecule has 0 saturated carbocycles. The third-order valence-electron chi connectivity index (χ3n) is 3.93. The van der Waals surface area contributed by atoms with Crippen molar-refractivity contribution in [3.8, 4) is 0 Å². The van der Waals surface area contributed by atoms with Crippen LogP contribution >= 0.6 is 11.8 Å². The van der Waals surface area contributed by atoms with Crippen LogP contribution in [0.2, 0.25) is 0 Å². The van der Waals surface area contributed by atoms with Crippen LogP contribution in [0.4, 0.5) is 0 Å². The van der Waals surface area contributed by atoms with Crippen molar-refractivity contribution in [2.24, 2.45) is 0 Å². The molecule has 2 rings (SSSR count). The van der Waals surface area contributed by atoms with Gasteiger partial charge in [-0.05, 0) is 12.8 Å². The van der Waals surface area contributed by atoms with Gasteiger partial charge in [-0.25, -0.2) is 4.79 Å². The third kappa shape index (κ3) is 4.82. The van der Waals surface area contributed by atoms with E-state index in [1.807, 2.05) is 0 Å². The summed E-state index contributed by atoms with van der Waals surface area (Å²) in [6, 6.07) is 7.48. The average molecular weight is 365 g/mol. The molecule has 1 aromatic rings. The predicted octanol–water partition coefficient (Wildman–Crippen LogP) is 1.57. The molecule has 134 valence electrons. The van der Waals surface area contributed by atoms with Gasteiger partial charge in [0.05, 0.1) is 13.5 Å². The highest BCUT2D eigenvalue weighted by atomic mass is 32.2. The normalized spacial score (nSPS) is 17.8. The maximum Gasteiger partial charge on any atom is 0.326 e. The van der Waals surface area contributed by atoms with Crippen molar-refractivity contribution in [1.82, 2.24) is 4.90 Å². The number of carboxylic acid groups (broad SMARTS) is 1. The zero-order chi connectivity index (χ0) is 18.4. The molecule has 0 aromatic heterocycles. The first kappa shape index (κ1) is 19.0. The second kappa shape index (κ2) is 8.66. The monoisotopic (exact) mass is 365 g/mol. The van der Waals surface area contributed by atoms with E-state index < -0.39 is 29.1 Å².